The van der Waals surface area contributed by atoms with Crippen molar-refractivity contribution in [3.05, 3.63) is 0 Å². The first-order chi connectivity index (χ1) is 6.95. The predicted molar refractivity (Wildman–Crippen MR) is 55.4 cm³/mol. The molecule has 0 amide bonds. The van der Waals surface area contributed by atoms with E-state index in [0.29, 0.717) is 6.04 Å². The summed E-state index contributed by atoms with van der Waals surface area (Å²) in [5.41, 5.74) is 0. The zero-order valence-electron chi connectivity index (χ0n) is 8.84. The third-order valence-electron chi connectivity index (χ3n) is 3.23. The number of hydrogen-bond donors (Lipinski definition) is 1. The van der Waals surface area contributed by atoms with Gasteiger partial charge in [-0.05, 0) is 38.1 Å². The topological polar surface area (TPSA) is 30.5 Å². The lowest BCUT2D eigenvalue weighted by Crippen LogP contribution is -2.35. The summed E-state index contributed by atoms with van der Waals surface area (Å²) in [7, 11) is 0. The van der Waals surface area contributed by atoms with Gasteiger partial charge in [0.05, 0.1) is 0 Å². The monoisotopic (exact) mass is 199 g/mol. The molecule has 0 aliphatic carbocycles. The van der Waals surface area contributed by atoms with Crippen LogP contribution in [-0.2, 0) is 9.47 Å². The Morgan fingerprint density at radius 3 is 2.50 bits per heavy atom. The molecule has 2 fully saturated rings. The summed E-state index contributed by atoms with van der Waals surface area (Å²) in [6.45, 7) is 4.98. The van der Waals surface area contributed by atoms with Gasteiger partial charge >= 0.3 is 0 Å². The fourth-order valence-electron chi connectivity index (χ4n) is 2.20. The third kappa shape index (κ3) is 3.23. The molecule has 1 unspecified atom stereocenters. The molecule has 0 radical (unpaired) electrons. The van der Waals surface area contributed by atoms with Crippen molar-refractivity contribution in [1.29, 1.82) is 0 Å². The molecule has 0 aromatic heterocycles. The van der Waals surface area contributed by atoms with Crippen LogP contribution in [0.25, 0.3) is 0 Å². The standard InChI is InChI=1S/C11H21NO2/c1(10-2-6-14-9-10)5-12-11-3-7-13-8-4-11/h10-12H,1-9H2. The second-order valence-electron chi connectivity index (χ2n) is 4.36. The Labute approximate surface area is 86.2 Å². The second kappa shape index (κ2) is 5.69. The highest BCUT2D eigenvalue weighted by molar-refractivity contribution is 4.72. The minimum absolute atomic E-state index is 0.700. The van der Waals surface area contributed by atoms with Gasteiger partial charge in [0.1, 0.15) is 0 Å². The van der Waals surface area contributed by atoms with E-state index in [2.05, 4.69) is 5.32 Å². The van der Waals surface area contributed by atoms with Crippen molar-refractivity contribution < 1.29 is 9.47 Å². The van der Waals surface area contributed by atoms with Crippen molar-refractivity contribution in [3.8, 4) is 0 Å². The van der Waals surface area contributed by atoms with Gasteiger partial charge < -0.3 is 14.8 Å². The van der Waals surface area contributed by atoms with Crippen LogP contribution in [0, 0.1) is 5.92 Å². The van der Waals surface area contributed by atoms with E-state index in [1.54, 1.807) is 0 Å². The normalized spacial score (nSPS) is 29.6. The van der Waals surface area contributed by atoms with Crippen LogP contribution in [0.3, 0.4) is 0 Å². The molecule has 0 aromatic carbocycles. The number of nitrogens with one attached hydrogen (secondary N) is 1. The smallest absolute Gasteiger partial charge is 0.0495 e. The Kier molecular flexibility index (Phi) is 4.22. The Morgan fingerprint density at radius 2 is 1.79 bits per heavy atom. The van der Waals surface area contributed by atoms with Gasteiger partial charge in [0, 0.05) is 32.5 Å². The van der Waals surface area contributed by atoms with Crippen molar-refractivity contribution in [1.82, 2.24) is 5.32 Å². The van der Waals surface area contributed by atoms with E-state index in [-0.39, 0.29) is 0 Å². The van der Waals surface area contributed by atoms with Gasteiger partial charge in [-0.25, -0.2) is 0 Å². The number of rotatable bonds is 4. The zero-order valence-corrected chi connectivity index (χ0v) is 8.84. The third-order valence-corrected chi connectivity index (χ3v) is 3.23. The predicted octanol–water partition coefficient (Wildman–Crippen LogP) is 1.18. The van der Waals surface area contributed by atoms with Gasteiger partial charge in [-0.15, -0.1) is 0 Å². The van der Waals surface area contributed by atoms with Crippen LogP contribution in [-0.4, -0.2) is 39.0 Å². The molecule has 14 heavy (non-hydrogen) atoms. The van der Waals surface area contributed by atoms with Crippen molar-refractivity contribution in [2.75, 3.05) is 33.0 Å². The Hall–Kier alpha value is -0.120. The molecular formula is C11H21NO2. The van der Waals surface area contributed by atoms with E-state index in [9.17, 15) is 0 Å². The average Bonchev–Trinajstić information content (AvgIpc) is 2.72. The first-order valence-corrected chi connectivity index (χ1v) is 5.84. The maximum absolute atomic E-state index is 5.35. The Morgan fingerprint density at radius 1 is 1.00 bits per heavy atom. The second-order valence-corrected chi connectivity index (χ2v) is 4.36. The zero-order chi connectivity index (χ0) is 9.64. The molecule has 0 aromatic rings. The minimum Gasteiger partial charge on any atom is -0.381 e. The van der Waals surface area contributed by atoms with Crippen LogP contribution in [0.15, 0.2) is 0 Å². The molecule has 0 saturated carbocycles. The lowest BCUT2D eigenvalue weighted by Gasteiger charge is -2.23. The van der Waals surface area contributed by atoms with Crippen molar-refractivity contribution in [2.24, 2.45) is 5.92 Å². The van der Waals surface area contributed by atoms with Crippen LogP contribution >= 0.6 is 0 Å². The van der Waals surface area contributed by atoms with Crippen LogP contribution in [0.4, 0.5) is 0 Å². The molecule has 2 aliphatic rings. The number of hydrogen-bond acceptors (Lipinski definition) is 3. The summed E-state index contributed by atoms with van der Waals surface area (Å²) in [4.78, 5) is 0. The molecule has 2 aliphatic heterocycles. The molecule has 1 atom stereocenters. The SMILES string of the molecule is C(CC1CCOC1)NC1CCOCC1. The highest BCUT2D eigenvalue weighted by atomic mass is 16.5. The average molecular weight is 199 g/mol. The molecular weight excluding hydrogens is 178 g/mol. The van der Waals surface area contributed by atoms with Crippen LogP contribution in [0.5, 0.6) is 0 Å². The maximum Gasteiger partial charge on any atom is 0.0495 e. The summed E-state index contributed by atoms with van der Waals surface area (Å²) in [6, 6.07) is 0.700. The summed E-state index contributed by atoms with van der Waals surface area (Å²) in [5.74, 6) is 0.808. The van der Waals surface area contributed by atoms with Crippen LogP contribution < -0.4 is 5.32 Å². The van der Waals surface area contributed by atoms with Gasteiger partial charge in [0.2, 0.25) is 0 Å². The summed E-state index contributed by atoms with van der Waals surface area (Å²) in [5, 5.41) is 3.61. The van der Waals surface area contributed by atoms with E-state index in [1.165, 1.54) is 25.7 Å². The first-order valence-electron chi connectivity index (χ1n) is 5.84. The van der Waals surface area contributed by atoms with Crippen molar-refractivity contribution in [2.45, 2.75) is 31.7 Å². The van der Waals surface area contributed by atoms with E-state index >= 15 is 0 Å². The van der Waals surface area contributed by atoms with Gasteiger partial charge in [-0.3, -0.25) is 0 Å². The Bertz CT molecular complexity index is 151. The van der Waals surface area contributed by atoms with Crippen LogP contribution in [0.1, 0.15) is 25.7 Å². The van der Waals surface area contributed by atoms with Crippen molar-refractivity contribution in [3.63, 3.8) is 0 Å². The van der Waals surface area contributed by atoms with E-state index < -0.39 is 0 Å². The highest BCUT2D eigenvalue weighted by Crippen LogP contribution is 2.15. The Balaban J connectivity index is 1.52. The summed E-state index contributed by atoms with van der Waals surface area (Å²) in [6.07, 6.45) is 4.90. The van der Waals surface area contributed by atoms with Gasteiger partial charge in [0.25, 0.3) is 0 Å². The fraction of sp³-hybridized carbons (Fsp3) is 1.00. The molecule has 2 saturated heterocycles. The van der Waals surface area contributed by atoms with Crippen molar-refractivity contribution >= 4 is 0 Å². The van der Waals surface area contributed by atoms with Crippen LogP contribution in [0.2, 0.25) is 0 Å². The molecule has 3 heteroatoms. The summed E-state index contributed by atoms with van der Waals surface area (Å²) >= 11 is 0. The molecule has 1 N–H and O–H groups in total. The molecule has 2 rings (SSSR count). The van der Waals surface area contributed by atoms with E-state index in [1.807, 2.05) is 0 Å². The van der Waals surface area contributed by atoms with Gasteiger partial charge in [-0.1, -0.05) is 0 Å². The van der Waals surface area contributed by atoms with E-state index in [0.717, 1.165) is 38.9 Å². The van der Waals surface area contributed by atoms with Gasteiger partial charge in [0.15, 0.2) is 0 Å². The lowest BCUT2D eigenvalue weighted by molar-refractivity contribution is 0.0776. The van der Waals surface area contributed by atoms with Gasteiger partial charge in [-0.2, -0.15) is 0 Å². The summed E-state index contributed by atoms with van der Waals surface area (Å²) < 4.78 is 10.7. The maximum atomic E-state index is 5.35. The molecule has 0 bridgehead atoms. The molecule has 82 valence electrons. The molecule has 2 heterocycles. The fourth-order valence-corrected chi connectivity index (χ4v) is 2.20. The highest BCUT2D eigenvalue weighted by Gasteiger charge is 2.17. The minimum atomic E-state index is 0.700. The molecule has 3 nitrogen and oxygen atoms in total. The molecule has 0 spiro atoms. The van der Waals surface area contributed by atoms with E-state index in [4.69, 9.17) is 9.47 Å². The lowest BCUT2D eigenvalue weighted by atomic mass is 10.0. The number of ether oxygens (including phenoxy) is 2. The largest absolute Gasteiger partial charge is 0.381 e. The first kappa shape index (κ1) is 10.4. The quantitative estimate of drug-likeness (QED) is 0.737.